The second kappa shape index (κ2) is 6.81. The summed E-state index contributed by atoms with van der Waals surface area (Å²) in [5, 5.41) is 7.43. The predicted molar refractivity (Wildman–Crippen MR) is 73.5 cm³/mol. The van der Waals surface area contributed by atoms with Crippen LogP contribution in [0.2, 0.25) is 0 Å². The van der Waals surface area contributed by atoms with Crippen LogP contribution in [0.1, 0.15) is 18.9 Å². The van der Waals surface area contributed by atoms with E-state index in [4.69, 9.17) is 0 Å². The summed E-state index contributed by atoms with van der Waals surface area (Å²) in [6.45, 7) is 3.31. The fourth-order valence-corrected chi connectivity index (χ4v) is 2.47. The Balaban J connectivity index is 2.16. The van der Waals surface area contributed by atoms with Gasteiger partial charge in [0, 0.05) is 13.6 Å². The summed E-state index contributed by atoms with van der Waals surface area (Å²) in [7, 11) is 1.67. The summed E-state index contributed by atoms with van der Waals surface area (Å²) < 4.78 is 29.5. The number of benzene rings is 1. The molecule has 1 N–H and O–H groups in total. The van der Waals surface area contributed by atoms with Crippen molar-refractivity contribution >= 4 is 11.8 Å². The van der Waals surface area contributed by atoms with Crippen LogP contribution in [-0.2, 0) is 13.6 Å². The van der Waals surface area contributed by atoms with Crippen LogP contribution in [0, 0.1) is 11.6 Å². The molecule has 0 aliphatic heterocycles. The second-order valence-electron chi connectivity index (χ2n) is 4.33. The molecule has 0 radical (unpaired) electrons. The monoisotopic (exact) mass is 298 g/mol. The van der Waals surface area contributed by atoms with Crippen molar-refractivity contribution in [1.82, 2.24) is 20.1 Å². The Hall–Kier alpha value is -1.47. The molecule has 1 aromatic carbocycles. The lowest BCUT2D eigenvalue weighted by Gasteiger charge is -2.08. The lowest BCUT2D eigenvalue weighted by Crippen LogP contribution is -2.14. The van der Waals surface area contributed by atoms with Crippen LogP contribution in [0.4, 0.5) is 8.78 Å². The molecule has 0 aliphatic rings. The molecule has 0 fully saturated rings. The van der Waals surface area contributed by atoms with Gasteiger partial charge in [0.05, 0.1) is 4.90 Å². The third-order valence-electron chi connectivity index (χ3n) is 2.68. The molecule has 0 saturated heterocycles. The number of aryl methyl sites for hydroxylation is 1. The first-order chi connectivity index (χ1) is 9.61. The van der Waals surface area contributed by atoms with Crippen molar-refractivity contribution in [1.29, 1.82) is 0 Å². The second-order valence-corrected chi connectivity index (χ2v) is 5.31. The van der Waals surface area contributed by atoms with Gasteiger partial charge in [-0.05, 0) is 42.4 Å². The molecule has 1 heterocycles. The van der Waals surface area contributed by atoms with E-state index in [9.17, 15) is 8.78 Å². The summed E-state index contributed by atoms with van der Waals surface area (Å²) in [6, 6.07) is 2.70. The first kappa shape index (κ1) is 14.9. The third-order valence-corrected chi connectivity index (χ3v) is 3.82. The Morgan fingerprint density at radius 3 is 2.55 bits per heavy atom. The zero-order valence-electron chi connectivity index (χ0n) is 11.4. The first-order valence-electron chi connectivity index (χ1n) is 6.32. The fraction of sp³-hybridized carbons (Fsp3) is 0.385. The molecular weight excluding hydrogens is 282 g/mol. The van der Waals surface area contributed by atoms with E-state index in [1.807, 2.05) is 6.92 Å². The van der Waals surface area contributed by atoms with Gasteiger partial charge >= 0.3 is 0 Å². The van der Waals surface area contributed by atoms with Crippen molar-refractivity contribution in [3.05, 3.63) is 35.7 Å². The molecule has 0 bridgehead atoms. The molecule has 2 rings (SSSR count). The van der Waals surface area contributed by atoms with Crippen LogP contribution < -0.4 is 5.32 Å². The van der Waals surface area contributed by atoms with E-state index in [-0.39, 0.29) is 4.90 Å². The lowest BCUT2D eigenvalue weighted by molar-refractivity contribution is 0.533. The molecule has 0 unspecified atom stereocenters. The summed E-state index contributed by atoms with van der Waals surface area (Å²) in [4.78, 5) is 3.89. The van der Waals surface area contributed by atoms with E-state index in [1.165, 1.54) is 23.1 Å². The highest BCUT2D eigenvalue weighted by molar-refractivity contribution is 7.99. The van der Waals surface area contributed by atoms with Crippen LogP contribution in [-0.4, -0.2) is 21.3 Å². The van der Waals surface area contributed by atoms with Crippen molar-refractivity contribution in [2.75, 3.05) is 6.54 Å². The largest absolute Gasteiger partial charge is 0.313 e. The van der Waals surface area contributed by atoms with Gasteiger partial charge in [-0.1, -0.05) is 6.92 Å². The summed E-state index contributed by atoms with van der Waals surface area (Å²) >= 11 is 0.930. The van der Waals surface area contributed by atoms with E-state index in [0.29, 0.717) is 17.3 Å². The highest BCUT2D eigenvalue weighted by Gasteiger charge is 2.15. The van der Waals surface area contributed by atoms with Crippen LogP contribution in [0.3, 0.4) is 0 Å². The van der Waals surface area contributed by atoms with Crippen LogP contribution in [0.15, 0.2) is 28.5 Å². The van der Waals surface area contributed by atoms with E-state index in [2.05, 4.69) is 15.4 Å². The molecule has 1 aromatic heterocycles. The molecule has 0 aliphatic carbocycles. The molecular formula is C13H16F2N4S. The van der Waals surface area contributed by atoms with E-state index in [0.717, 1.165) is 24.7 Å². The van der Waals surface area contributed by atoms with Gasteiger partial charge in [0.15, 0.2) is 5.16 Å². The minimum absolute atomic E-state index is 0.0552. The van der Waals surface area contributed by atoms with Crippen molar-refractivity contribution in [3.63, 3.8) is 0 Å². The molecule has 20 heavy (non-hydrogen) atoms. The number of nitrogens with one attached hydrogen (secondary N) is 1. The van der Waals surface area contributed by atoms with Crippen LogP contribution >= 0.6 is 11.8 Å². The molecule has 7 heteroatoms. The Bertz CT molecular complexity index is 562. The van der Waals surface area contributed by atoms with Crippen molar-refractivity contribution in [3.8, 4) is 0 Å². The minimum atomic E-state index is -0.578. The maximum absolute atomic E-state index is 14.0. The maximum atomic E-state index is 14.0. The Morgan fingerprint density at radius 1 is 1.30 bits per heavy atom. The number of hydrogen-bond donors (Lipinski definition) is 1. The average molecular weight is 298 g/mol. The standard InChI is InChI=1S/C13H16F2N4S/c1-3-4-16-7-9-5-10(14)12(11(15)6-9)20-13-17-8-18-19(13)2/h5-6,8,16H,3-4,7H2,1-2H3. The molecule has 108 valence electrons. The number of halogens is 2. The normalized spacial score (nSPS) is 11.0. The van der Waals surface area contributed by atoms with Crippen molar-refractivity contribution in [2.45, 2.75) is 29.9 Å². The van der Waals surface area contributed by atoms with Gasteiger partial charge in [-0.2, -0.15) is 5.10 Å². The number of rotatable bonds is 6. The van der Waals surface area contributed by atoms with E-state index in [1.54, 1.807) is 7.05 Å². The minimum Gasteiger partial charge on any atom is -0.313 e. The van der Waals surface area contributed by atoms with Gasteiger partial charge in [-0.25, -0.2) is 18.4 Å². The number of aromatic nitrogens is 3. The summed E-state index contributed by atoms with van der Waals surface area (Å²) in [5.74, 6) is -1.16. The molecule has 2 aromatic rings. The summed E-state index contributed by atoms with van der Waals surface area (Å²) in [6.07, 6.45) is 2.33. The van der Waals surface area contributed by atoms with E-state index >= 15 is 0 Å². The number of hydrogen-bond acceptors (Lipinski definition) is 4. The highest BCUT2D eigenvalue weighted by Crippen LogP contribution is 2.31. The molecule has 0 saturated carbocycles. The quantitative estimate of drug-likeness (QED) is 0.833. The van der Waals surface area contributed by atoms with Gasteiger partial charge < -0.3 is 5.32 Å². The topological polar surface area (TPSA) is 42.7 Å². The summed E-state index contributed by atoms with van der Waals surface area (Å²) in [5.41, 5.74) is 0.593. The zero-order valence-corrected chi connectivity index (χ0v) is 12.2. The first-order valence-corrected chi connectivity index (χ1v) is 7.14. The van der Waals surface area contributed by atoms with Gasteiger partial charge in [-0.3, -0.25) is 0 Å². The van der Waals surface area contributed by atoms with Crippen LogP contribution in [0.25, 0.3) is 0 Å². The SMILES string of the molecule is CCCNCc1cc(F)c(Sc2ncnn2C)c(F)c1. The molecule has 0 spiro atoms. The average Bonchev–Trinajstić information content (AvgIpc) is 2.80. The Labute approximate surface area is 120 Å². The van der Waals surface area contributed by atoms with Crippen LogP contribution in [0.5, 0.6) is 0 Å². The lowest BCUT2D eigenvalue weighted by atomic mass is 10.2. The van der Waals surface area contributed by atoms with Crippen molar-refractivity contribution < 1.29 is 8.78 Å². The van der Waals surface area contributed by atoms with Gasteiger partial charge in [0.2, 0.25) is 0 Å². The van der Waals surface area contributed by atoms with E-state index < -0.39 is 11.6 Å². The van der Waals surface area contributed by atoms with Gasteiger partial charge in [0.1, 0.15) is 18.0 Å². The van der Waals surface area contributed by atoms with Gasteiger partial charge in [0.25, 0.3) is 0 Å². The van der Waals surface area contributed by atoms with Gasteiger partial charge in [-0.15, -0.1) is 0 Å². The zero-order chi connectivity index (χ0) is 14.5. The maximum Gasteiger partial charge on any atom is 0.190 e. The molecule has 4 nitrogen and oxygen atoms in total. The molecule has 0 amide bonds. The highest BCUT2D eigenvalue weighted by atomic mass is 32.2. The van der Waals surface area contributed by atoms with Crippen molar-refractivity contribution in [2.24, 2.45) is 7.05 Å². The third kappa shape index (κ3) is 3.55. The Morgan fingerprint density at radius 2 is 2.00 bits per heavy atom. The Kier molecular flexibility index (Phi) is 5.08. The molecule has 0 atom stereocenters. The fourth-order valence-electron chi connectivity index (χ4n) is 1.69. The predicted octanol–water partition coefficient (Wildman–Crippen LogP) is 2.74. The smallest absolute Gasteiger partial charge is 0.190 e. The number of nitrogens with zero attached hydrogens (tertiary/aromatic N) is 3.